The monoisotopic (exact) mass is 227 g/mol. The van der Waals surface area contributed by atoms with Gasteiger partial charge in [-0.25, -0.2) is 0 Å². The number of carboxylic acids is 1. The molecule has 1 rings (SSSR count). The van der Waals surface area contributed by atoms with Gasteiger partial charge < -0.3 is 15.5 Å². The van der Waals surface area contributed by atoms with Crippen molar-refractivity contribution in [2.24, 2.45) is 5.92 Å². The number of carboxylic acid groups (broad SMARTS) is 1. The first-order chi connectivity index (χ1) is 7.57. The van der Waals surface area contributed by atoms with Gasteiger partial charge in [0.25, 0.3) is 0 Å². The molecule has 0 aromatic carbocycles. The Morgan fingerprint density at radius 3 is 2.62 bits per heavy atom. The lowest BCUT2D eigenvalue weighted by atomic mass is 9.79. The number of carbonyl (C=O) groups is 1. The van der Waals surface area contributed by atoms with Crippen molar-refractivity contribution < 1.29 is 15.0 Å². The molecule has 0 unspecified atom stereocenters. The number of hydrogen-bond acceptors (Lipinski definition) is 3. The van der Waals surface area contributed by atoms with E-state index in [4.69, 9.17) is 5.11 Å². The van der Waals surface area contributed by atoms with Crippen LogP contribution in [0.5, 0.6) is 0 Å². The Labute approximate surface area is 96.4 Å². The van der Waals surface area contributed by atoms with Gasteiger partial charge >= 0.3 is 5.97 Å². The second-order valence-corrected chi connectivity index (χ2v) is 4.59. The van der Waals surface area contributed by atoms with Gasteiger partial charge in [0, 0.05) is 6.54 Å². The van der Waals surface area contributed by atoms with Gasteiger partial charge in [-0.15, -0.1) is 6.58 Å². The Bertz CT molecular complexity index is 245. The molecule has 0 saturated heterocycles. The summed E-state index contributed by atoms with van der Waals surface area (Å²) in [6, 6.07) is 0. The lowest BCUT2D eigenvalue weighted by molar-refractivity contribution is -0.144. The molecular weight excluding hydrogens is 206 g/mol. The van der Waals surface area contributed by atoms with E-state index in [0.717, 1.165) is 13.0 Å². The molecule has 0 amide bonds. The number of hydrogen-bond donors (Lipinski definition) is 3. The van der Waals surface area contributed by atoms with Crippen molar-refractivity contribution in [2.45, 2.75) is 37.7 Å². The minimum atomic E-state index is -0.735. The van der Waals surface area contributed by atoms with Crippen molar-refractivity contribution in [3.05, 3.63) is 12.7 Å². The minimum absolute atomic E-state index is 0.270. The SMILES string of the molecule is C=CCCNCC1(O)CCC(C(=O)O)CC1. The molecule has 0 aliphatic heterocycles. The van der Waals surface area contributed by atoms with Gasteiger partial charge in [-0.3, -0.25) is 4.79 Å². The van der Waals surface area contributed by atoms with Gasteiger partial charge in [-0.05, 0) is 38.6 Å². The van der Waals surface area contributed by atoms with Crippen molar-refractivity contribution in [3.8, 4) is 0 Å². The molecule has 0 bridgehead atoms. The third-order valence-electron chi connectivity index (χ3n) is 3.24. The van der Waals surface area contributed by atoms with Crippen LogP contribution in [0.4, 0.5) is 0 Å². The van der Waals surface area contributed by atoms with Crippen molar-refractivity contribution in [1.29, 1.82) is 0 Å². The third-order valence-corrected chi connectivity index (χ3v) is 3.24. The van der Waals surface area contributed by atoms with Gasteiger partial charge in [0.05, 0.1) is 11.5 Å². The van der Waals surface area contributed by atoms with Crippen molar-refractivity contribution in [1.82, 2.24) is 5.32 Å². The van der Waals surface area contributed by atoms with Crippen LogP contribution in [0.2, 0.25) is 0 Å². The van der Waals surface area contributed by atoms with Crippen LogP contribution in [0.1, 0.15) is 32.1 Å². The summed E-state index contributed by atoms with van der Waals surface area (Å²) in [5.74, 6) is -1.00. The predicted molar refractivity (Wildman–Crippen MR) is 62.2 cm³/mol. The Balaban J connectivity index is 2.26. The van der Waals surface area contributed by atoms with Gasteiger partial charge in [-0.2, -0.15) is 0 Å². The van der Waals surface area contributed by atoms with E-state index < -0.39 is 11.6 Å². The molecule has 0 atom stereocenters. The van der Waals surface area contributed by atoms with Crippen molar-refractivity contribution >= 4 is 5.97 Å². The molecule has 0 radical (unpaired) electrons. The molecule has 0 spiro atoms. The summed E-state index contributed by atoms with van der Waals surface area (Å²) in [5.41, 5.74) is -0.715. The lowest BCUT2D eigenvalue weighted by Crippen LogP contribution is -2.44. The molecule has 4 heteroatoms. The standard InChI is InChI=1S/C12H21NO3/c1-2-3-8-13-9-12(16)6-4-10(5-7-12)11(14)15/h2,10,13,16H,1,3-9H2,(H,14,15). The van der Waals surface area contributed by atoms with E-state index in [0.29, 0.717) is 32.2 Å². The fraction of sp³-hybridized carbons (Fsp3) is 0.750. The highest BCUT2D eigenvalue weighted by Gasteiger charge is 2.35. The van der Waals surface area contributed by atoms with E-state index in [9.17, 15) is 9.90 Å². The highest BCUT2D eigenvalue weighted by Crippen LogP contribution is 2.31. The normalized spacial score (nSPS) is 29.9. The quantitative estimate of drug-likeness (QED) is 0.470. The fourth-order valence-electron chi connectivity index (χ4n) is 2.10. The molecule has 1 aliphatic carbocycles. The number of aliphatic carboxylic acids is 1. The Morgan fingerprint density at radius 1 is 1.50 bits per heavy atom. The number of nitrogens with one attached hydrogen (secondary N) is 1. The molecule has 1 saturated carbocycles. The molecule has 1 aliphatic rings. The maximum atomic E-state index is 10.8. The summed E-state index contributed by atoms with van der Waals surface area (Å²) in [4.78, 5) is 10.8. The van der Waals surface area contributed by atoms with Crippen LogP contribution < -0.4 is 5.32 Å². The highest BCUT2D eigenvalue weighted by atomic mass is 16.4. The summed E-state index contributed by atoms with van der Waals surface area (Å²) in [5, 5.41) is 22.2. The molecule has 4 nitrogen and oxygen atoms in total. The van der Waals surface area contributed by atoms with Crippen LogP contribution in [-0.4, -0.2) is 34.9 Å². The molecule has 0 heterocycles. The maximum absolute atomic E-state index is 10.8. The van der Waals surface area contributed by atoms with Crippen molar-refractivity contribution in [3.63, 3.8) is 0 Å². The zero-order valence-electron chi connectivity index (χ0n) is 9.61. The number of aliphatic hydroxyl groups is 1. The van der Waals surface area contributed by atoms with Crippen LogP contribution in [0.25, 0.3) is 0 Å². The Hall–Kier alpha value is -0.870. The summed E-state index contributed by atoms with van der Waals surface area (Å²) < 4.78 is 0. The van der Waals surface area contributed by atoms with Gasteiger partial charge in [0.1, 0.15) is 0 Å². The topological polar surface area (TPSA) is 69.6 Å². The molecule has 16 heavy (non-hydrogen) atoms. The molecule has 0 aromatic heterocycles. The second-order valence-electron chi connectivity index (χ2n) is 4.59. The van der Waals surface area contributed by atoms with Crippen LogP contribution in [0, 0.1) is 5.92 Å². The molecular formula is C12H21NO3. The van der Waals surface area contributed by atoms with E-state index in [1.807, 2.05) is 6.08 Å². The average Bonchev–Trinajstić information content (AvgIpc) is 2.25. The Kier molecular flexibility index (Phi) is 4.96. The van der Waals surface area contributed by atoms with E-state index in [1.165, 1.54) is 0 Å². The highest BCUT2D eigenvalue weighted by molar-refractivity contribution is 5.70. The number of rotatable bonds is 6. The minimum Gasteiger partial charge on any atom is -0.481 e. The first-order valence-corrected chi connectivity index (χ1v) is 5.84. The largest absolute Gasteiger partial charge is 0.481 e. The summed E-state index contributed by atoms with van der Waals surface area (Å²) in [6.07, 6.45) is 5.02. The summed E-state index contributed by atoms with van der Waals surface area (Å²) >= 11 is 0. The molecule has 3 N–H and O–H groups in total. The Morgan fingerprint density at radius 2 is 2.12 bits per heavy atom. The molecule has 0 aromatic rings. The third kappa shape index (κ3) is 3.94. The zero-order chi connectivity index (χ0) is 12.0. The van der Waals surface area contributed by atoms with Gasteiger partial charge in [-0.1, -0.05) is 6.08 Å². The van der Waals surface area contributed by atoms with E-state index in [1.54, 1.807) is 0 Å². The van der Waals surface area contributed by atoms with Crippen LogP contribution >= 0.6 is 0 Å². The second kappa shape index (κ2) is 6.01. The summed E-state index contributed by atoms with van der Waals surface area (Å²) in [6.45, 7) is 4.99. The van der Waals surface area contributed by atoms with Crippen molar-refractivity contribution in [2.75, 3.05) is 13.1 Å². The van der Waals surface area contributed by atoms with Gasteiger partial charge in [0.2, 0.25) is 0 Å². The van der Waals surface area contributed by atoms with E-state index in [2.05, 4.69) is 11.9 Å². The predicted octanol–water partition coefficient (Wildman–Crippen LogP) is 1.16. The molecule has 1 fully saturated rings. The van der Waals surface area contributed by atoms with Gasteiger partial charge in [0.15, 0.2) is 0 Å². The van der Waals surface area contributed by atoms with Crippen LogP contribution in [0.3, 0.4) is 0 Å². The zero-order valence-corrected chi connectivity index (χ0v) is 9.61. The molecule has 92 valence electrons. The summed E-state index contributed by atoms with van der Waals surface area (Å²) in [7, 11) is 0. The average molecular weight is 227 g/mol. The van der Waals surface area contributed by atoms with E-state index >= 15 is 0 Å². The lowest BCUT2D eigenvalue weighted by Gasteiger charge is -2.34. The first-order valence-electron chi connectivity index (χ1n) is 5.84. The van der Waals surface area contributed by atoms with E-state index in [-0.39, 0.29) is 5.92 Å². The van der Waals surface area contributed by atoms with Crippen LogP contribution in [0.15, 0.2) is 12.7 Å². The maximum Gasteiger partial charge on any atom is 0.306 e. The smallest absolute Gasteiger partial charge is 0.306 e. The van der Waals surface area contributed by atoms with Crippen LogP contribution in [-0.2, 0) is 4.79 Å². The fourth-order valence-corrected chi connectivity index (χ4v) is 2.10. The first kappa shape index (κ1) is 13.2.